The molecule has 0 bridgehead atoms. The van der Waals surface area contributed by atoms with Crippen LogP contribution in [0.1, 0.15) is 22.3 Å². The number of ether oxygens (including phenoxy) is 3. The molecule has 1 N–H and O–H groups in total. The van der Waals surface area contributed by atoms with Crippen LogP contribution in [-0.2, 0) is 15.7 Å². The third-order valence-corrected chi connectivity index (χ3v) is 5.45. The van der Waals surface area contributed by atoms with Crippen LogP contribution < -0.4 is 9.47 Å². The van der Waals surface area contributed by atoms with Crippen molar-refractivity contribution in [3.05, 3.63) is 52.6 Å². The van der Waals surface area contributed by atoms with Gasteiger partial charge in [0, 0.05) is 18.7 Å². The summed E-state index contributed by atoms with van der Waals surface area (Å²) >= 11 is 1.64. The number of rotatable bonds is 9. The van der Waals surface area contributed by atoms with Crippen LogP contribution in [0.5, 0.6) is 11.5 Å². The lowest BCUT2D eigenvalue weighted by Gasteiger charge is -2.16. The normalized spacial score (nSPS) is 13.3. The molecule has 27 heavy (non-hydrogen) atoms. The fraction of sp³-hybridized carbons (Fsp3) is 0.400. The fourth-order valence-electron chi connectivity index (χ4n) is 2.78. The van der Waals surface area contributed by atoms with Crippen molar-refractivity contribution in [2.45, 2.75) is 25.2 Å². The molecule has 2 aromatic rings. The molecule has 0 amide bonds. The molecule has 0 fully saturated rings. The topological polar surface area (TPSA) is 65.0 Å². The lowest BCUT2D eigenvalue weighted by Crippen LogP contribution is -2.02. The summed E-state index contributed by atoms with van der Waals surface area (Å²) in [4.78, 5) is 10.5. The molecular formula is C20H27O5PS. The molecule has 7 heteroatoms. The Morgan fingerprint density at radius 1 is 1.11 bits per heavy atom. The minimum absolute atomic E-state index is 0.175. The van der Waals surface area contributed by atoms with Crippen LogP contribution in [0, 0.1) is 13.8 Å². The van der Waals surface area contributed by atoms with Crippen LogP contribution in [0.15, 0.2) is 35.2 Å². The summed E-state index contributed by atoms with van der Waals surface area (Å²) in [6, 6.07) is 10.0. The van der Waals surface area contributed by atoms with E-state index >= 15 is 0 Å². The standard InChI is InChI=1S/C20H27O5PS/c1-14-8-17(25-13-26(4,21)22)9-15(2)18(14)10-16-6-7-19(24-12-23-3)20(11-16)27-5/h6-9,11H,10,12-13H2,1-5H3,(H,21,22). The molecule has 0 aliphatic rings. The highest BCUT2D eigenvalue weighted by molar-refractivity contribution is 7.98. The zero-order valence-corrected chi connectivity index (χ0v) is 18.2. The van der Waals surface area contributed by atoms with Crippen LogP contribution in [-0.4, -0.2) is 38.1 Å². The predicted octanol–water partition coefficient (Wildman–Crippen LogP) is 4.84. The van der Waals surface area contributed by atoms with Crippen molar-refractivity contribution in [2.75, 3.05) is 33.2 Å². The van der Waals surface area contributed by atoms with Crippen molar-refractivity contribution in [3.63, 3.8) is 0 Å². The Morgan fingerprint density at radius 2 is 1.78 bits per heavy atom. The second-order valence-corrected chi connectivity index (χ2v) is 9.78. The summed E-state index contributed by atoms with van der Waals surface area (Å²) in [5, 5.41) is 0. The van der Waals surface area contributed by atoms with Crippen LogP contribution in [0.3, 0.4) is 0 Å². The van der Waals surface area contributed by atoms with Crippen LogP contribution in [0.25, 0.3) is 0 Å². The molecule has 0 saturated carbocycles. The first-order chi connectivity index (χ1) is 12.7. The zero-order valence-electron chi connectivity index (χ0n) is 16.4. The van der Waals surface area contributed by atoms with E-state index < -0.39 is 7.37 Å². The van der Waals surface area contributed by atoms with Gasteiger partial charge < -0.3 is 19.1 Å². The van der Waals surface area contributed by atoms with E-state index in [1.807, 2.05) is 38.3 Å². The van der Waals surface area contributed by atoms with Gasteiger partial charge in [0.1, 0.15) is 11.5 Å². The van der Waals surface area contributed by atoms with E-state index in [9.17, 15) is 9.46 Å². The van der Waals surface area contributed by atoms with E-state index in [2.05, 4.69) is 12.1 Å². The summed E-state index contributed by atoms with van der Waals surface area (Å²) in [5.41, 5.74) is 4.61. The lowest BCUT2D eigenvalue weighted by molar-refractivity contribution is 0.0491. The second kappa shape index (κ2) is 9.65. The van der Waals surface area contributed by atoms with E-state index in [1.165, 1.54) is 17.8 Å². The number of aryl methyl sites for hydroxylation is 2. The predicted molar refractivity (Wildman–Crippen MR) is 111 cm³/mol. The van der Waals surface area contributed by atoms with Crippen molar-refractivity contribution >= 4 is 19.1 Å². The molecule has 0 spiro atoms. The molecule has 1 unspecified atom stereocenters. The molecule has 0 heterocycles. The quantitative estimate of drug-likeness (QED) is 0.363. The molecule has 0 aliphatic heterocycles. The molecule has 1 atom stereocenters. The van der Waals surface area contributed by atoms with Gasteiger partial charge in [-0.2, -0.15) is 0 Å². The first-order valence-electron chi connectivity index (χ1n) is 8.54. The summed E-state index contributed by atoms with van der Waals surface area (Å²) in [6.07, 6.45) is 2.64. The minimum atomic E-state index is -3.20. The van der Waals surface area contributed by atoms with Crippen LogP contribution in [0.4, 0.5) is 0 Å². The van der Waals surface area contributed by atoms with Gasteiger partial charge in [0.25, 0.3) is 0 Å². The Hall–Kier alpha value is -1.46. The highest BCUT2D eigenvalue weighted by atomic mass is 32.2. The van der Waals surface area contributed by atoms with Crippen molar-refractivity contribution in [3.8, 4) is 11.5 Å². The van der Waals surface area contributed by atoms with Gasteiger partial charge in [0.05, 0.1) is 0 Å². The van der Waals surface area contributed by atoms with Gasteiger partial charge in [-0.15, -0.1) is 11.8 Å². The lowest BCUT2D eigenvalue weighted by atomic mass is 9.96. The average molecular weight is 410 g/mol. The maximum atomic E-state index is 11.4. The Balaban J connectivity index is 2.20. The van der Waals surface area contributed by atoms with Gasteiger partial charge >= 0.3 is 0 Å². The van der Waals surface area contributed by atoms with E-state index in [4.69, 9.17) is 14.2 Å². The van der Waals surface area contributed by atoms with E-state index in [-0.39, 0.29) is 13.1 Å². The number of hydrogen-bond donors (Lipinski definition) is 1. The molecule has 5 nitrogen and oxygen atoms in total. The number of benzene rings is 2. The molecule has 148 valence electrons. The SMILES string of the molecule is COCOc1ccc(Cc2c(C)cc(OCP(C)(=O)O)cc2C)cc1SC. The van der Waals surface area contributed by atoms with Gasteiger partial charge in [0.2, 0.25) is 7.37 Å². The smallest absolute Gasteiger partial charge is 0.233 e. The monoisotopic (exact) mass is 410 g/mol. The molecule has 2 aromatic carbocycles. The zero-order chi connectivity index (χ0) is 20.0. The van der Waals surface area contributed by atoms with Gasteiger partial charge in [-0.05, 0) is 73.0 Å². The summed E-state index contributed by atoms with van der Waals surface area (Å²) in [5.74, 6) is 1.44. The van der Waals surface area contributed by atoms with Crippen molar-refractivity contribution in [2.24, 2.45) is 0 Å². The molecule has 0 radical (unpaired) electrons. The Kier molecular flexibility index (Phi) is 7.80. The maximum absolute atomic E-state index is 11.4. The molecule has 0 aromatic heterocycles. The minimum Gasteiger partial charge on any atom is -0.484 e. The van der Waals surface area contributed by atoms with Crippen LogP contribution >= 0.6 is 19.1 Å². The van der Waals surface area contributed by atoms with Crippen molar-refractivity contribution < 1.29 is 23.7 Å². The fourth-order valence-corrected chi connectivity index (χ4v) is 3.76. The Labute approximate surface area is 165 Å². The van der Waals surface area contributed by atoms with Gasteiger partial charge in [-0.1, -0.05) is 6.07 Å². The third kappa shape index (κ3) is 6.58. The molecule has 0 aliphatic carbocycles. The van der Waals surface area contributed by atoms with E-state index in [0.29, 0.717) is 5.75 Å². The third-order valence-electron chi connectivity index (χ3n) is 4.08. The largest absolute Gasteiger partial charge is 0.484 e. The van der Waals surface area contributed by atoms with Gasteiger partial charge in [-0.25, -0.2) is 0 Å². The first-order valence-corrected chi connectivity index (χ1v) is 12.1. The van der Waals surface area contributed by atoms with Crippen molar-refractivity contribution in [1.29, 1.82) is 0 Å². The van der Waals surface area contributed by atoms with Crippen LogP contribution in [0.2, 0.25) is 0 Å². The molecular weight excluding hydrogens is 383 g/mol. The van der Waals surface area contributed by atoms with Gasteiger partial charge in [-0.3, -0.25) is 4.57 Å². The number of thioether (sulfide) groups is 1. The highest BCUT2D eigenvalue weighted by Gasteiger charge is 2.13. The Morgan fingerprint density at radius 3 is 2.33 bits per heavy atom. The summed E-state index contributed by atoms with van der Waals surface area (Å²) in [7, 11) is -1.59. The molecule has 0 saturated heterocycles. The summed E-state index contributed by atoms with van der Waals surface area (Å²) < 4.78 is 27.5. The number of hydrogen-bond acceptors (Lipinski definition) is 5. The van der Waals surface area contributed by atoms with Crippen molar-refractivity contribution in [1.82, 2.24) is 0 Å². The average Bonchev–Trinajstić information content (AvgIpc) is 2.61. The highest BCUT2D eigenvalue weighted by Crippen LogP contribution is 2.36. The van der Waals surface area contributed by atoms with E-state index in [0.717, 1.165) is 28.2 Å². The van der Waals surface area contributed by atoms with Gasteiger partial charge in [0.15, 0.2) is 13.1 Å². The molecule has 2 rings (SSSR count). The Bertz CT molecular complexity index is 808. The second-order valence-electron chi connectivity index (χ2n) is 6.57. The maximum Gasteiger partial charge on any atom is 0.233 e. The first kappa shape index (κ1) is 21.8. The van der Waals surface area contributed by atoms with E-state index in [1.54, 1.807) is 18.9 Å². The number of methoxy groups -OCH3 is 1. The summed E-state index contributed by atoms with van der Waals surface area (Å²) in [6.45, 7) is 5.59.